The maximum atomic E-state index is 13.4. The summed E-state index contributed by atoms with van der Waals surface area (Å²) < 4.78 is 0. The number of nitrogens with zero attached hydrogens (tertiary/aromatic N) is 3. The molecule has 2 heterocycles. The fraction of sp³-hybridized carbons (Fsp3) is 0.650. The lowest BCUT2D eigenvalue weighted by Crippen LogP contribution is -2.55. The van der Waals surface area contributed by atoms with Crippen molar-refractivity contribution in [3.63, 3.8) is 0 Å². The van der Waals surface area contributed by atoms with Gasteiger partial charge in [-0.1, -0.05) is 12.1 Å². The van der Waals surface area contributed by atoms with Crippen LogP contribution in [0.25, 0.3) is 0 Å². The molecule has 2 atom stereocenters. The van der Waals surface area contributed by atoms with Gasteiger partial charge in [0.2, 0.25) is 5.91 Å². The molecule has 2 saturated heterocycles. The lowest BCUT2D eigenvalue weighted by Gasteiger charge is -2.42. The Morgan fingerprint density at radius 3 is 2.40 bits per heavy atom. The fourth-order valence-corrected chi connectivity index (χ4v) is 3.96. The van der Waals surface area contributed by atoms with E-state index in [4.69, 9.17) is 0 Å². The molecule has 0 radical (unpaired) electrons. The van der Waals surface area contributed by atoms with Gasteiger partial charge in [-0.25, -0.2) is 0 Å². The number of likely N-dealkylation sites (tertiary alicyclic amines) is 1. The molecule has 1 aromatic rings. The number of hydrogen-bond acceptors (Lipinski definition) is 4. The summed E-state index contributed by atoms with van der Waals surface area (Å²) in [6, 6.07) is 8.72. The van der Waals surface area contributed by atoms with E-state index in [1.807, 2.05) is 14.1 Å². The average molecular weight is 345 g/mol. The lowest BCUT2D eigenvalue weighted by molar-refractivity contribution is -0.139. The van der Waals surface area contributed by atoms with Crippen LogP contribution in [0.1, 0.15) is 37.8 Å². The molecule has 1 aromatic carbocycles. The second-order valence-corrected chi connectivity index (χ2v) is 7.57. The predicted octanol–water partition coefficient (Wildman–Crippen LogP) is 2.10. The van der Waals surface area contributed by atoms with E-state index < -0.39 is 0 Å². The minimum atomic E-state index is -0.161. The number of anilines is 1. The van der Waals surface area contributed by atoms with Crippen LogP contribution in [0, 0.1) is 0 Å². The molecular weight excluding hydrogens is 312 g/mol. The highest BCUT2D eigenvalue weighted by Gasteiger charge is 2.35. The zero-order valence-electron chi connectivity index (χ0n) is 15.9. The van der Waals surface area contributed by atoms with Crippen LogP contribution in [0.15, 0.2) is 24.3 Å². The average Bonchev–Trinajstić information content (AvgIpc) is 2.64. The molecule has 5 heteroatoms. The number of piperazine rings is 1. The highest BCUT2D eigenvalue weighted by molar-refractivity contribution is 5.83. The number of amides is 1. The van der Waals surface area contributed by atoms with E-state index in [0.29, 0.717) is 6.04 Å². The van der Waals surface area contributed by atoms with Crippen molar-refractivity contribution in [2.24, 2.45) is 0 Å². The number of hydrogen-bond donors (Lipinski definition) is 1. The van der Waals surface area contributed by atoms with Crippen LogP contribution in [0.4, 0.5) is 5.69 Å². The van der Waals surface area contributed by atoms with Gasteiger partial charge in [-0.05, 0) is 43.9 Å². The van der Waals surface area contributed by atoms with Gasteiger partial charge in [0, 0.05) is 58.5 Å². The molecule has 5 nitrogen and oxygen atoms in total. The van der Waals surface area contributed by atoms with Gasteiger partial charge in [-0.2, -0.15) is 0 Å². The molecule has 2 aliphatic heterocycles. The summed E-state index contributed by atoms with van der Waals surface area (Å²) >= 11 is 0. The molecule has 1 N–H and O–H groups in total. The van der Waals surface area contributed by atoms with Gasteiger partial charge >= 0.3 is 0 Å². The number of nitrogens with one attached hydrogen (secondary N) is 1. The van der Waals surface area contributed by atoms with Gasteiger partial charge in [-0.3, -0.25) is 9.69 Å². The zero-order chi connectivity index (χ0) is 17.8. The Morgan fingerprint density at radius 2 is 1.80 bits per heavy atom. The number of carbonyl (C=O) groups is 1. The van der Waals surface area contributed by atoms with Gasteiger partial charge in [0.05, 0.1) is 0 Å². The van der Waals surface area contributed by atoms with Crippen molar-refractivity contribution in [3.8, 4) is 0 Å². The van der Waals surface area contributed by atoms with Crippen molar-refractivity contribution < 1.29 is 4.79 Å². The summed E-state index contributed by atoms with van der Waals surface area (Å²) in [5.41, 5.74) is 2.29. The molecule has 1 amide bonds. The maximum Gasteiger partial charge on any atom is 0.244 e. The van der Waals surface area contributed by atoms with E-state index in [9.17, 15) is 4.79 Å². The van der Waals surface area contributed by atoms with Crippen LogP contribution in [0.5, 0.6) is 0 Å². The first kappa shape index (κ1) is 18.2. The summed E-state index contributed by atoms with van der Waals surface area (Å²) in [6.07, 6.45) is 3.51. The van der Waals surface area contributed by atoms with Crippen LogP contribution in [-0.4, -0.2) is 68.6 Å². The van der Waals surface area contributed by atoms with Crippen molar-refractivity contribution in [1.29, 1.82) is 0 Å². The van der Waals surface area contributed by atoms with Crippen LogP contribution >= 0.6 is 0 Å². The molecule has 2 unspecified atom stereocenters. The van der Waals surface area contributed by atoms with Crippen molar-refractivity contribution in [2.45, 2.75) is 38.3 Å². The SMILES string of the molecule is CC1CNCCN1C(C(=O)N1CCCCC1)c1ccc(N(C)C)cc1. The van der Waals surface area contributed by atoms with Crippen molar-refractivity contribution >= 4 is 11.6 Å². The van der Waals surface area contributed by atoms with E-state index in [0.717, 1.165) is 51.1 Å². The van der Waals surface area contributed by atoms with Crippen LogP contribution in [0.3, 0.4) is 0 Å². The molecule has 138 valence electrons. The highest BCUT2D eigenvalue weighted by Crippen LogP contribution is 2.29. The largest absolute Gasteiger partial charge is 0.378 e. The third kappa shape index (κ3) is 4.15. The summed E-state index contributed by atoms with van der Waals surface area (Å²) in [4.78, 5) is 20.0. The van der Waals surface area contributed by atoms with E-state index in [-0.39, 0.29) is 11.9 Å². The molecule has 0 spiro atoms. The topological polar surface area (TPSA) is 38.8 Å². The van der Waals surface area contributed by atoms with Gasteiger partial charge in [-0.15, -0.1) is 0 Å². The summed E-state index contributed by atoms with van der Waals surface area (Å²) in [5.74, 6) is 0.283. The minimum absolute atomic E-state index is 0.161. The Bertz CT molecular complexity index is 566. The predicted molar refractivity (Wildman–Crippen MR) is 103 cm³/mol. The first-order chi connectivity index (χ1) is 12.1. The molecule has 2 fully saturated rings. The molecule has 0 saturated carbocycles. The van der Waals surface area contributed by atoms with E-state index >= 15 is 0 Å². The Hall–Kier alpha value is -1.59. The van der Waals surface area contributed by atoms with E-state index in [1.54, 1.807) is 0 Å². The van der Waals surface area contributed by atoms with Gasteiger partial charge in [0.25, 0.3) is 0 Å². The molecule has 0 aromatic heterocycles. The zero-order valence-corrected chi connectivity index (χ0v) is 15.9. The summed E-state index contributed by atoms with van der Waals surface area (Å²) in [5, 5.41) is 3.44. The Kier molecular flexibility index (Phi) is 5.97. The number of piperidine rings is 1. The maximum absolute atomic E-state index is 13.4. The Balaban J connectivity index is 1.88. The van der Waals surface area contributed by atoms with Crippen LogP contribution in [0.2, 0.25) is 0 Å². The van der Waals surface area contributed by atoms with Crippen molar-refractivity contribution in [2.75, 3.05) is 51.7 Å². The minimum Gasteiger partial charge on any atom is -0.378 e. The van der Waals surface area contributed by atoms with Gasteiger partial charge < -0.3 is 15.1 Å². The van der Waals surface area contributed by atoms with Gasteiger partial charge in [0.1, 0.15) is 6.04 Å². The van der Waals surface area contributed by atoms with Gasteiger partial charge in [0.15, 0.2) is 0 Å². The first-order valence-corrected chi connectivity index (χ1v) is 9.60. The van der Waals surface area contributed by atoms with Crippen LogP contribution in [-0.2, 0) is 4.79 Å². The number of carbonyl (C=O) groups excluding carboxylic acids is 1. The smallest absolute Gasteiger partial charge is 0.244 e. The molecular formula is C20H32N4O. The third-order valence-electron chi connectivity index (χ3n) is 5.51. The van der Waals surface area contributed by atoms with Crippen molar-refractivity contribution in [1.82, 2.24) is 15.1 Å². The Labute approximate surface area is 152 Å². The Morgan fingerprint density at radius 1 is 1.12 bits per heavy atom. The normalized spacial score (nSPS) is 23.3. The molecule has 0 aliphatic carbocycles. The molecule has 2 aliphatic rings. The summed E-state index contributed by atoms with van der Waals surface area (Å²) in [7, 11) is 4.09. The standard InChI is InChI=1S/C20H32N4O/c1-16-15-21-11-14-24(16)19(20(25)23-12-5-4-6-13-23)17-7-9-18(10-8-17)22(2)3/h7-10,16,19,21H,4-6,11-15H2,1-3H3. The van der Waals surface area contributed by atoms with Crippen molar-refractivity contribution in [3.05, 3.63) is 29.8 Å². The lowest BCUT2D eigenvalue weighted by atomic mass is 9.99. The fourth-order valence-electron chi connectivity index (χ4n) is 3.96. The summed E-state index contributed by atoms with van der Waals surface area (Å²) in [6.45, 7) is 6.85. The molecule has 0 bridgehead atoms. The second-order valence-electron chi connectivity index (χ2n) is 7.57. The number of benzene rings is 1. The first-order valence-electron chi connectivity index (χ1n) is 9.60. The number of rotatable bonds is 4. The molecule has 25 heavy (non-hydrogen) atoms. The quantitative estimate of drug-likeness (QED) is 0.908. The van der Waals surface area contributed by atoms with E-state index in [1.165, 1.54) is 12.1 Å². The van der Waals surface area contributed by atoms with E-state index in [2.05, 4.69) is 51.2 Å². The van der Waals surface area contributed by atoms with Crippen LogP contribution < -0.4 is 10.2 Å². The third-order valence-corrected chi connectivity index (χ3v) is 5.51. The highest BCUT2D eigenvalue weighted by atomic mass is 16.2. The monoisotopic (exact) mass is 344 g/mol. The molecule has 3 rings (SSSR count). The second kappa shape index (κ2) is 8.19.